The number of hydrogen-bond donors (Lipinski definition) is 0. The Balaban J connectivity index is 1.74. The van der Waals surface area contributed by atoms with Crippen molar-refractivity contribution in [2.45, 2.75) is 55.9 Å². The molecule has 3 aromatic rings. The Hall–Kier alpha value is -2.46. The van der Waals surface area contributed by atoms with Crippen molar-refractivity contribution in [1.29, 1.82) is 0 Å². The molecule has 0 atom stereocenters. The van der Waals surface area contributed by atoms with Crippen molar-refractivity contribution in [2.75, 3.05) is 19.0 Å². The van der Waals surface area contributed by atoms with E-state index in [1.54, 1.807) is 12.1 Å². The molecular formula is C27H32FNOS. The molecular weight excluding hydrogens is 405 g/mol. The van der Waals surface area contributed by atoms with E-state index in [2.05, 4.69) is 69.2 Å². The molecule has 0 aliphatic rings. The van der Waals surface area contributed by atoms with Crippen LogP contribution >= 0.6 is 11.8 Å². The van der Waals surface area contributed by atoms with Crippen molar-refractivity contribution in [2.24, 2.45) is 0 Å². The Labute approximate surface area is 190 Å². The third-order valence-electron chi connectivity index (χ3n) is 5.17. The van der Waals surface area contributed by atoms with Crippen LogP contribution in [0.3, 0.4) is 0 Å². The quantitative estimate of drug-likeness (QED) is 0.325. The lowest BCUT2D eigenvalue weighted by Crippen LogP contribution is -2.11. The minimum atomic E-state index is -0.254. The van der Waals surface area contributed by atoms with Crippen LogP contribution in [0.2, 0.25) is 0 Å². The van der Waals surface area contributed by atoms with Crippen molar-refractivity contribution >= 4 is 17.4 Å². The summed E-state index contributed by atoms with van der Waals surface area (Å²) in [6.45, 7) is 4.95. The highest BCUT2D eigenvalue weighted by molar-refractivity contribution is 7.99. The fraction of sp³-hybridized carbons (Fsp3) is 0.333. The zero-order valence-corrected chi connectivity index (χ0v) is 19.8. The van der Waals surface area contributed by atoms with Crippen LogP contribution < -0.4 is 9.64 Å². The maximum absolute atomic E-state index is 13.0. The summed E-state index contributed by atoms with van der Waals surface area (Å²) in [7, 11) is 4.23. The first kappa shape index (κ1) is 23.2. The number of rotatable bonds is 10. The number of ether oxygens (including phenoxy) is 1. The van der Waals surface area contributed by atoms with Crippen LogP contribution in [-0.2, 0) is 19.4 Å². The smallest absolute Gasteiger partial charge is 0.123 e. The standard InChI is InChI=1S/C27H32FNOS/c1-5-7-21-17-26(29(3)4)27(18-22(21)8-6-2)31-25-15-9-20(10-16-25)19-30-24-13-11-23(28)12-14-24/h9-18H,5-8,19H2,1-4H3. The molecule has 0 heterocycles. The fourth-order valence-corrected chi connectivity index (χ4v) is 4.64. The summed E-state index contributed by atoms with van der Waals surface area (Å²) >= 11 is 1.81. The Kier molecular flexibility index (Phi) is 8.42. The lowest BCUT2D eigenvalue weighted by Gasteiger charge is -2.21. The molecule has 0 spiro atoms. The minimum absolute atomic E-state index is 0.254. The van der Waals surface area contributed by atoms with Crippen LogP contribution in [0, 0.1) is 5.82 Å². The van der Waals surface area contributed by atoms with Gasteiger partial charge in [-0.15, -0.1) is 0 Å². The van der Waals surface area contributed by atoms with Gasteiger partial charge in [0.2, 0.25) is 0 Å². The second kappa shape index (κ2) is 11.2. The summed E-state index contributed by atoms with van der Waals surface area (Å²) in [6, 6.07) is 19.4. The summed E-state index contributed by atoms with van der Waals surface area (Å²) in [5.74, 6) is 0.418. The highest BCUT2D eigenvalue weighted by Crippen LogP contribution is 2.37. The van der Waals surface area contributed by atoms with E-state index in [0.717, 1.165) is 31.2 Å². The number of hydrogen-bond acceptors (Lipinski definition) is 3. The van der Waals surface area contributed by atoms with E-state index in [4.69, 9.17) is 4.74 Å². The average molecular weight is 438 g/mol. The number of anilines is 1. The van der Waals surface area contributed by atoms with Crippen molar-refractivity contribution in [1.82, 2.24) is 0 Å². The Bertz CT molecular complexity index is 968. The Morgan fingerprint density at radius 1 is 0.839 bits per heavy atom. The molecule has 0 bridgehead atoms. The zero-order chi connectivity index (χ0) is 22.2. The number of benzene rings is 3. The summed E-state index contributed by atoms with van der Waals surface area (Å²) in [5.41, 5.74) is 5.32. The Morgan fingerprint density at radius 3 is 2.03 bits per heavy atom. The molecule has 0 unspecified atom stereocenters. The van der Waals surface area contributed by atoms with Crippen LogP contribution in [0.4, 0.5) is 10.1 Å². The molecule has 0 aliphatic heterocycles. The first-order chi connectivity index (χ1) is 15.0. The lowest BCUT2D eigenvalue weighted by molar-refractivity contribution is 0.305. The van der Waals surface area contributed by atoms with Crippen molar-refractivity contribution < 1.29 is 9.13 Å². The van der Waals surface area contributed by atoms with E-state index < -0.39 is 0 Å². The van der Waals surface area contributed by atoms with Gasteiger partial charge in [-0.25, -0.2) is 4.39 Å². The monoisotopic (exact) mass is 437 g/mol. The summed E-state index contributed by atoms with van der Waals surface area (Å²) in [6.07, 6.45) is 4.57. The van der Waals surface area contributed by atoms with Gasteiger partial charge in [0.05, 0.1) is 5.69 Å². The lowest BCUT2D eigenvalue weighted by atomic mass is 9.98. The normalized spacial score (nSPS) is 10.9. The molecule has 31 heavy (non-hydrogen) atoms. The van der Waals surface area contributed by atoms with Gasteiger partial charge in [0.25, 0.3) is 0 Å². The zero-order valence-electron chi connectivity index (χ0n) is 19.0. The van der Waals surface area contributed by atoms with Gasteiger partial charge in [0.15, 0.2) is 0 Å². The molecule has 4 heteroatoms. The molecule has 0 fully saturated rings. The van der Waals surface area contributed by atoms with E-state index in [9.17, 15) is 4.39 Å². The summed E-state index contributed by atoms with van der Waals surface area (Å²) in [4.78, 5) is 4.71. The van der Waals surface area contributed by atoms with Crippen molar-refractivity contribution in [3.63, 3.8) is 0 Å². The van der Waals surface area contributed by atoms with E-state index in [1.165, 1.54) is 38.7 Å². The Morgan fingerprint density at radius 2 is 1.45 bits per heavy atom. The maximum atomic E-state index is 13.0. The molecule has 3 aromatic carbocycles. The third kappa shape index (κ3) is 6.51. The SMILES string of the molecule is CCCc1cc(Sc2ccc(COc3ccc(F)cc3)cc2)c(N(C)C)cc1CCC. The van der Waals surface area contributed by atoms with Gasteiger partial charge in [-0.05, 0) is 78.1 Å². The largest absolute Gasteiger partial charge is 0.489 e. The molecule has 0 saturated heterocycles. The summed E-state index contributed by atoms with van der Waals surface area (Å²) in [5, 5.41) is 0. The predicted molar refractivity (Wildman–Crippen MR) is 130 cm³/mol. The summed E-state index contributed by atoms with van der Waals surface area (Å²) < 4.78 is 18.8. The maximum Gasteiger partial charge on any atom is 0.123 e. The first-order valence-electron chi connectivity index (χ1n) is 11.0. The third-order valence-corrected chi connectivity index (χ3v) is 6.23. The van der Waals surface area contributed by atoms with Crippen molar-refractivity contribution in [3.8, 4) is 5.75 Å². The second-order valence-electron chi connectivity index (χ2n) is 7.97. The molecule has 0 radical (unpaired) electrons. The van der Waals surface area contributed by atoms with Gasteiger partial charge < -0.3 is 9.64 Å². The van der Waals surface area contributed by atoms with Crippen LogP contribution in [-0.4, -0.2) is 14.1 Å². The minimum Gasteiger partial charge on any atom is -0.489 e. The predicted octanol–water partition coefficient (Wildman–Crippen LogP) is 7.53. The highest BCUT2D eigenvalue weighted by atomic mass is 32.2. The molecule has 3 rings (SSSR count). The molecule has 0 aromatic heterocycles. The average Bonchev–Trinajstić information content (AvgIpc) is 2.76. The van der Waals surface area contributed by atoms with Crippen LogP contribution in [0.5, 0.6) is 5.75 Å². The van der Waals surface area contributed by atoms with E-state index in [1.807, 2.05) is 11.8 Å². The van der Waals surface area contributed by atoms with Gasteiger partial charge in [-0.2, -0.15) is 0 Å². The van der Waals surface area contributed by atoms with Gasteiger partial charge in [-0.3, -0.25) is 0 Å². The van der Waals surface area contributed by atoms with Gasteiger partial charge in [-0.1, -0.05) is 50.6 Å². The molecule has 164 valence electrons. The topological polar surface area (TPSA) is 12.5 Å². The molecule has 0 amide bonds. The molecule has 2 nitrogen and oxygen atoms in total. The van der Waals surface area contributed by atoms with Crippen LogP contribution in [0.1, 0.15) is 43.4 Å². The van der Waals surface area contributed by atoms with E-state index in [0.29, 0.717) is 12.4 Å². The first-order valence-corrected chi connectivity index (χ1v) is 11.8. The van der Waals surface area contributed by atoms with E-state index >= 15 is 0 Å². The van der Waals surface area contributed by atoms with Gasteiger partial charge in [0, 0.05) is 23.9 Å². The highest BCUT2D eigenvalue weighted by Gasteiger charge is 2.12. The molecule has 0 saturated carbocycles. The second-order valence-corrected chi connectivity index (χ2v) is 9.09. The van der Waals surface area contributed by atoms with E-state index in [-0.39, 0.29) is 5.82 Å². The number of nitrogens with zero attached hydrogens (tertiary/aromatic N) is 1. The van der Waals surface area contributed by atoms with Crippen LogP contribution in [0.15, 0.2) is 70.5 Å². The number of halogens is 1. The number of aryl methyl sites for hydroxylation is 2. The molecule has 0 aliphatic carbocycles. The van der Waals surface area contributed by atoms with Gasteiger partial charge >= 0.3 is 0 Å². The molecule has 0 N–H and O–H groups in total. The van der Waals surface area contributed by atoms with Crippen molar-refractivity contribution in [3.05, 3.63) is 83.2 Å². The van der Waals surface area contributed by atoms with Gasteiger partial charge in [0.1, 0.15) is 18.2 Å². The van der Waals surface area contributed by atoms with Crippen LogP contribution in [0.25, 0.3) is 0 Å². The fourth-order valence-electron chi connectivity index (χ4n) is 3.57.